The molecule has 0 spiro atoms. The van der Waals surface area contributed by atoms with Crippen molar-refractivity contribution in [2.45, 2.75) is 20.8 Å². The minimum atomic E-state index is -0.124. The van der Waals surface area contributed by atoms with Crippen LogP contribution in [0.15, 0.2) is 22.5 Å². The molecule has 0 saturated heterocycles. The van der Waals surface area contributed by atoms with Crippen LogP contribution in [0.4, 0.5) is 0 Å². The lowest BCUT2D eigenvalue weighted by atomic mass is 9.86. The number of ether oxygens (including phenoxy) is 1. The Morgan fingerprint density at radius 1 is 1.14 bits per heavy atom. The fourth-order valence-electron chi connectivity index (χ4n) is 1.82. The summed E-state index contributed by atoms with van der Waals surface area (Å²) in [5, 5.41) is 0. The molecule has 3 heteroatoms. The Morgan fingerprint density at radius 2 is 1.71 bits per heavy atom. The largest absolute Gasteiger partial charge is 0.488 e. The molecule has 14 heavy (non-hydrogen) atoms. The molecule has 2 rings (SSSR count). The molecular formula is C11H12O3. The highest BCUT2D eigenvalue weighted by molar-refractivity contribution is 6.24. The second-order valence-corrected chi connectivity index (χ2v) is 3.86. The summed E-state index contributed by atoms with van der Waals surface area (Å²) >= 11 is 0. The van der Waals surface area contributed by atoms with Gasteiger partial charge in [0.15, 0.2) is 11.5 Å². The first-order valence-corrected chi connectivity index (χ1v) is 4.68. The number of hydrogen-bond acceptors (Lipinski definition) is 3. The molecule has 0 N–H and O–H groups in total. The Hall–Kier alpha value is -1.38. The summed E-state index contributed by atoms with van der Waals surface area (Å²) in [4.78, 5) is 23.5. The number of carbonyl (C=O) groups excluding carboxylic acids is 2. The second-order valence-electron chi connectivity index (χ2n) is 3.86. The minimum absolute atomic E-state index is 0.0258. The van der Waals surface area contributed by atoms with Gasteiger partial charge in [-0.1, -0.05) is 6.92 Å². The molecule has 1 aliphatic carbocycles. The van der Waals surface area contributed by atoms with E-state index in [1.807, 2.05) is 6.92 Å². The van der Waals surface area contributed by atoms with E-state index in [2.05, 4.69) is 0 Å². The predicted octanol–water partition coefficient (Wildman–Crippen LogP) is 1.40. The number of hydrogen-bond donors (Lipinski definition) is 0. The van der Waals surface area contributed by atoms with Crippen molar-refractivity contribution in [1.82, 2.24) is 0 Å². The molecule has 0 saturated carbocycles. The summed E-state index contributed by atoms with van der Waals surface area (Å²) in [6.07, 6.45) is 0. The summed E-state index contributed by atoms with van der Waals surface area (Å²) in [5.74, 6) is 0.179. The first kappa shape index (κ1) is 9.19. The smallest absolute Gasteiger partial charge is 0.224 e. The summed E-state index contributed by atoms with van der Waals surface area (Å²) < 4.78 is 5.25. The van der Waals surface area contributed by atoms with E-state index in [1.165, 1.54) is 0 Å². The Labute approximate surface area is 82.4 Å². The van der Waals surface area contributed by atoms with Crippen molar-refractivity contribution in [3.8, 4) is 0 Å². The van der Waals surface area contributed by atoms with Crippen LogP contribution in [0.1, 0.15) is 20.8 Å². The quantitative estimate of drug-likeness (QED) is 0.545. The topological polar surface area (TPSA) is 43.4 Å². The van der Waals surface area contributed by atoms with Crippen molar-refractivity contribution in [3.63, 3.8) is 0 Å². The molecule has 1 atom stereocenters. The van der Waals surface area contributed by atoms with Gasteiger partial charge in [0.05, 0.1) is 12.2 Å². The van der Waals surface area contributed by atoms with Crippen molar-refractivity contribution >= 4 is 11.6 Å². The van der Waals surface area contributed by atoms with Crippen LogP contribution < -0.4 is 0 Å². The standard InChI is InChI=1S/C11H12O3/c1-5-4-14-11-8(5)9(12)6(2)7(3)10(11)13/h5H,4H2,1-3H3. The molecule has 0 bridgehead atoms. The molecule has 0 amide bonds. The van der Waals surface area contributed by atoms with Crippen LogP contribution in [0.2, 0.25) is 0 Å². The average molecular weight is 192 g/mol. The zero-order valence-corrected chi connectivity index (χ0v) is 8.51. The summed E-state index contributed by atoms with van der Waals surface area (Å²) in [6.45, 7) is 5.72. The highest BCUT2D eigenvalue weighted by atomic mass is 16.5. The van der Waals surface area contributed by atoms with Crippen LogP contribution in [-0.4, -0.2) is 18.2 Å². The first-order valence-electron chi connectivity index (χ1n) is 4.68. The molecule has 1 unspecified atom stereocenters. The van der Waals surface area contributed by atoms with Crippen LogP contribution in [-0.2, 0) is 14.3 Å². The third-order valence-corrected chi connectivity index (χ3v) is 2.91. The summed E-state index contributed by atoms with van der Waals surface area (Å²) in [7, 11) is 0. The van der Waals surface area contributed by atoms with Gasteiger partial charge in [-0.3, -0.25) is 9.59 Å². The monoisotopic (exact) mass is 192 g/mol. The Kier molecular flexibility index (Phi) is 1.84. The molecular weight excluding hydrogens is 180 g/mol. The number of carbonyl (C=O) groups is 2. The maximum atomic E-state index is 11.8. The zero-order valence-electron chi connectivity index (χ0n) is 8.51. The van der Waals surface area contributed by atoms with Gasteiger partial charge in [-0.15, -0.1) is 0 Å². The van der Waals surface area contributed by atoms with Gasteiger partial charge in [0.2, 0.25) is 5.78 Å². The fourth-order valence-corrected chi connectivity index (χ4v) is 1.82. The van der Waals surface area contributed by atoms with Crippen LogP contribution in [0.5, 0.6) is 0 Å². The summed E-state index contributed by atoms with van der Waals surface area (Å²) in [5.41, 5.74) is 1.65. The normalized spacial score (nSPS) is 26.9. The molecule has 0 aromatic rings. The van der Waals surface area contributed by atoms with E-state index < -0.39 is 0 Å². The molecule has 0 radical (unpaired) electrons. The summed E-state index contributed by atoms with van der Waals surface area (Å²) in [6, 6.07) is 0. The zero-order chi connectivity index (χ0) is 10.5. The van der Waals surface area contributed by atoms with E-state index in [4.69, 9.17) is 4.74 Å². The van der Waals surface area contributed by atoms with Crippen LogP contribution in [0.3, 0.4) is 0 Å². The molecule has 0 aromatic heterocycles. The Balaban J connectivity index is 2.56. The predicted molar refractivity (Wildman–Crippen MR) is 50.5 cm³/mol. The number of rotatable bonds is 0. The van der Waals surface area contributed by atoms with Crippen molar-refractivity contribution in [2.24, 2.45) is 5.92 Å². The van der Waals surface area contributed by atoms with Crippen molar-refractivity contribution in [3.05, 3.63) is 22.5 Å². The Bertz CT molecular complexity index is 399. The first-order chi connectivity index (χ1) is 6.54. The maximum Gasteiger partial charge on any atom is 0.224 e. The average Bonchev–Trinajstić information content (AvgIpc) is 2.54. The van der Waals surface area contributed by atoms with Crippen molar-refractivity contribution in [1.29, 1.82) is 0 Å². The van der Waals surface area contributed by atoms with Crippen LogP contribution in [0.25, 0.3) is 0 Å². The third kappa shape index (κ3) is 0.983. The van der Waals surface area contributed by atoms with E-state index in [0.29, 0.717) is 23.3 Å². The van der Waals surface area contributed by atoms with E-state index in [0.717, 1.165) is 0 Å². The van der Waals surface area contributed by atoms with Crippen LogP contribution >= 0.6 is 0 Å². The van der Waals surface area contributed by atoms with Gasteiger partial charge >= 0.3 is 0 Å². The number of allylic oxidation sites excluding steroid dienone is 2. The maximum absolute atomic E-state index is 11.8. The van der Waals surface area contributed by atoms with Gasteiger partial charge in [-0.2, -0.15) is 0 Å². The van der Waals surface area contributed by atoms with Gasteiger partial charge in [0, 0.05) is 17.1 Å². The van der Waals surface area contributed by atoms with E-state index in [-0.39, 0.29) is 23.2 Å². The number of ketones is 2. The van der Waals surface area contributed by atoms with Gasteiger partial charge in [0.1, 0.15) is 0 Å². The molecule has 0 aromatic carbocycles. The van der Waals surface area contributed by atoms with Gasteiger partial charge in [-0.05, 0) is 13.8 Å². The molecule has 3 nitrogen and oxygen atoms in total. The highest BCUT2D eigenvalue weighted by Crippen LogP contribution is 2.34. The molecule has 1 heterocycles. The Morgan fingerprint density at radius 3 is 2.36 bits per heavy atom. The van der Waals surface area contributed by atoms with Gasteiger partial charge in [0.25, 0.3) is 0 Å². The third-order valence-electron chi connectivity index (χ3n) is 2.91. The molecule has 1 aliphatic heterocycles. The molecule has 74 valence electrons. The van der Waals surface area contributed by atoms with Crippen LogP contribution in [0, 0.1) is 5.92 Å². The highest BCUT2D eigenvalue weighted by Gasteiger charge is 2.38. The molecule has 0 fully saturated rings. The van der Waals surface area contributed by atoms with Gasteiger partial charge in [-0.25, -0.2) is 0 Å². The van der Waals surface area contributed by atoms with Crippen molar-refractivity contribution in [2.75, 3.05) is 6.61 Å². The lowest BCUT2D eigenvalue weighted by Gasteiger charge is -2.14. The van der Waals surface area contributed by atoms with E-state index in [9.17, 15) is 9.59 Å². The second kappa shape index (κ2) is 2.80. The van der Waals surface area contributed by atoms with Gasteiger partial charge < -0.3 is 4.74 Å². The van der Waals surface area contributed by atoms with E-state index >= 15 is 0 Å². The lowest BCUT2D eigenvalue weighted by Crippen LogP contribution is -2.21. The number of Topliss-reactive ketones (excluding diaryl/α,β-unsaturated/α-hetero) is 2. The minimum Gasteiger partial charge on any atom is -0.488 e. The van der Waals surface area contributed by atoms with Crippen molar-refractivity contribution < 1.29 is 14.3 Å². The van der Waals surface area contributed by atoms with E-state index in [1.54, 1.807) is 13.8 Å². The fraction of sp³-hybridized carbons (Fsp3) is 0.455. The SMILES string of the molecule is CC1=C(C)C(=O)C2=C(OCC2C)C1=O. The lowest BCUT2D eigenvalue weighted by molar-refractivity contribution is -0.118. The molecule has 2 aliphatic rings.